The van der Waals surface area contributed by atoms with Crippen molar-refractivity contribution in [1.29, 1.82) is 0 Å². The topological polar surface area (TPSA) is 110 Å². The van der Waals surface area contributed by atoms with Crippen LogP contribution < -0.4 is 16.2 Å². The second-order valence-electron chi connectivity index (χ2n) is 9.08. The van der Waals surface area contributed by atoms with Crippen molar-refractivity contribution in [3.8, 4) is 17.5 Å². The van der Waals surface area contributed by atoms with E-state index in [1.165, 1.54) is 6.92 Å². The van der Waals surface area contributed by atoms with Crippen LogP contribution in [0.2, 0.25) is 0 Å². The zero-order chi connectivity index (χ0) is 27.5. The maximum absolute atomic E-state index is 14.1. The number of nitrogens with zero attached hydrogens (tertiary/aromatic N) is 4. The van der Waals surface area contributed by atoms with Crippen molar-refractivity contribution in [2.45, 2.75) is 26.8 Å². The van der Waals surface area contributed by atoms with Crippen LogP contribution in [0.5, 0.6) is 0 Å². The Morgan fingerprint density at radius 1 is 1.08 bits per heavy atom. The molecule has 194 valence electrons. The molecule has 0 spiro atoms. The lowest BCUT2D eigenvalue weighted by Gasteiger charge is -2.21. The number of carbonyl (C=O) groups is 2. The predicted octanol–water partition coefficient (Wildman–Crippen LogP) is 3.32. The predicted molar refractivity (Wildman–Crippen MR) is 149 cm³/mol. The molecule has 9 heteroatoms. The first-order valence-corrected chi connectivity index (χ1v) is 12.4. The molecule has 3 heterocycles. The van der Waals surface area contributed by atoms with Crippen LogP contribution >= 0.6 is 0 Å². The Balaban J connectivity index is 1.62. The van der Waals surface area contributed by atoms with Gasteiger partial charge in [-0.25, -0.2) is 9.97 Å². The highest BCUT2D eigenvalue weighted by atomic mass is 16.2. The van der Waals surface area contributed by atoms with E-state index in [1.807, 2.05) is 55.5 Å². The molecular formula is C30H26N6O3. The van der Waals surface area contributed by atoms with E-state index in [9.17, 15) is 14.4 Å². The molecule has 39 heavy (non-hydrogen) atoms. The maximum Gasteiger partial charge on any atom is 0.264 e. The van der Waals surface area contributed by atoms with E-state index in [0.717, 1.165) is 0 Å². The molecule has 0 aliphatic carbocycles. The van der Waals surface area contributed by atoms with Gasteiger partial charge in [0, 0.05) is 36.3 Å². The fourth-order valence-electron chi connectivity index (χ4n) is 4.54. The van der Waals surface area contributed by atoms with E-state index in [-0.39, 0.29) is 23.9 Å². The fourth-order valence-corrected chi connectivity index (χ4v) is 4.54. The third kappa shape index (κ3) is 5.00. The number of benzene rings is 2. The van der Waals surface area contributed by atoms with Gasteiger partial charge in [0.25, 0.3) is 11.5 Å². The Hall–Kier alpha value is -5.23. The normalized spacial score (nSPS) is 11.6. The van der Waals surface area contributed by atoms with Crippen LogP contribution in [0.15, 0.2) is 78.1 Å². The summed E-state index contributed by atoms with van der Waals surface area (Å²) < 4.78 is 3.30. The number of imidazole rings is 1. The maximum atomic E-state index is 14.1. The van der Waals surface area contributed by atoms with E-state index in [1.54, 1.807) is 40.7 Å². The zero-order valence-corrected chi connectivity index (χ0v) is 21.7. The lowest BCUT2D eigenvalue weighted by atomic mass is 10.0. The third-order valence-corrected chi connectivity index (χ3v) is 6.39. The van der Waals surface area contributed by atoms with Gasteiger partial charge in [-0.3, -0.25) is 23.4 Å². The number of hydrogen-bond acceptors (Lipinski definition) is 5. The lowest BCUT2D eigenvalue weighted by molar-refractivity contribution is -0.118. The van der Waals surface area contributed by atoms with Gasteiger partial charge >= 0.3 is 0 Å². The van der Waals surface area contributed by atoms with Gasteiger partial charge in [-0.05, 0) is 43.5 Å². The second kappa shape index (κ2) is 10.6. The molecule has 5 rings (SSSR count). The van der Waals surface area contributed by atoms with Crippen molar-refractivity contribution in [3.05, 3.63) is 106 Å². The summed E-state index contributed by atoms with van der Waals surface area (Å²) in [4.78, 5) is 47.4. The number of aryl methyl sites for hydroxylation is 1. The van der Waals surface area contributed by atoms with Gasteiger partial charge in [0.2, 0.25) is 5.91 Å². The number of carbonyl (C=O) groups excluding carboxylic acids is 2. The van der Waals surface area contributed by atoms with Gasteiger partial charge in [-0.2, -0.15) is 0 Å². The molecule has 2 aromatic carbocycles. The van der Waals surface area contributed by atoms with Gasteiger partial charge in [0.1, 0.15) is 11.9 Å². The molecular weight excluding hydrogens is 492 g/mol. The minimum atomic E-state index is -0.543. The summed E-state index contributed by atoms with van der Waals surface area (Å²) in [6.07, 6.45) is 4.96. The van der Waals surface area contributed by atoms with Crippen LogP contribution in [0.25, 0.3) is 22.1 Å². The van der Waals surface area contributed by atoms with Gasteiger partial charge in [0.15, 0.2) is 5.65 Å². The Kier molecular flexibility index (Phi) is 6.93. The monoisotopic (exact) mass is 518 g/mol. The number of aromatic nitrogens is 4. The van der Waals surface area contributed by atoms with Crippen LogP contribution in [0.3, 0.4) is 0 Å². The largest absolute Gasteiger partial charge is 0.345 e. The first kappa shape index (κ1) is 25.4. The summed E-state index contributed by atoms with van der Waals surface area (Å²) in [7, 11) is 0. The van der Waals surface area contributed by atoms with Crippen LogP contribution in [-0.4, -0.2) is 37.3 Å². The van der Waals surface area contributed by atoms with E-state index in [0.29, 0.717) is 44.6 Å². The molecule has 0 fully saturated rings. The first-order chi connectivity index (χ1) is 18.8. The van der Waals surface area contributed by atoms with Crippen LogP contribution in [0.1, 0.15) is 47.2 Å². The first-order valence-electron chi connectivity index (χ1n) is 12.4. The van der Waals surface area contributed by atoms with Crippen molar-refractivity contribution in [2.24, 2.45) is 0 Å². The molecule has 1 atom stereocenters. The highest BCUT2D eigenvalue weighted by molar-refractivity contribution is 6.01. The van der Waals surface area contributed by atoms with Gasteiger partial charge in [-0.1, -0.05) is 42.2 Å². The highest BCUT2D eigenvalue weighted by Crippen LogP contribution is 2.24. The average molecular weight is 519 g/mol. The number of para-hydroxylation sites is 1. The minimum Gasteiger partial charge on any atom is -0.345 e. The minimum absolute atomic E-state index is 0.177. The molecule has 3 aromatic heterocycles. The molecule has 9 nitrogen and oxygen atoms in total. The highest BCUT2D eigenvalue weighted by Gasteiger charge is 2.22. The molecule has 0 bridgehead atoms. The molecule has 0 aliphatic rings. The standard InChI is InChI=1S/C30H26N6O3/c1-19(34-29(38)26-20(2)33-18-35-16-15-32-28(26)35)25-17-23-10-7-9-22(11-8-14-31-21(3)37)27(23)30(39)36(25)24-12-5-4-6-13-24/h4-7,9-10,12-13,15-19H,14H2,1-3H3,(H,31,37)(H,34,38)/t19-/m0/s1. The van der Waals surface area contributed by atoms with Crippen LogP contribution in [0, 0.1) is 18.8 Å². The Morgan fingerprint density at radius 2 is 1.87 bits per heavy atom. The number of fused-ring (bicyclic) bond motifs is 2. The van der Waals surface area contributed by atoms with E-state index in [2.05, 4.69) is 32.4 Å². The Bertz CT molecular complexity index is 1840. The molecule has 0 aliphatic heterocycles. The van der Waals surface area contributed by atoms with Crippen LogP contribution in [0.4, 0.5) is 0 Å². The van der Waals surface area contributed by atoms with E-state index in [4.69, 9.17) is 0 Å². The van der Waals surface area contributed by atoms with Crippen molar-refractivity contribution in [2.75, 3.05) is 6.54 Å². The average Bonchev–Trinajstić information content (AvgIpc) is 3.39. The number of amides is 2. The number of hydrogen-bond donors (Lipinski definition) is 2. The van der Waals surface area contributed by atoms with Gasteiger partial charge in [0.05, 0.1) is 23.7 Å². The fraction of sp³-hybridized carbons (Fsp3) is 0.167. The number of rotatable bonds is 5. The van der Waals surface area contributed by atoms with Crippen molar-refractivity contribution < 1.29 is 9.59 Å². The van der Waals surface area contributed by atoms with E-state index < -0.39 is 6.04 Å². The summed E-state index contributed by atoms with van der Waals surface area (Å²) in [6.45, 7) is 5.20. The summed E-state index contributed by atoms with van der Waals surface area (Å²) in [6, 6.07) is 16.1. The van der Waals surface area contributed by atoms with Crippen LogP contribution in [-0.2, 0) is 4.79 Å². The summed E-state index contributed by atoms with van der Waals surface area (Å²) >= 11 is 0. The smallest absolute Gasteiger partial charge is 0.264 e. The summed E-state index contributed by atoms with van der Waals surface area (Å²) in [5, 5.41) is 6.84. The van der Waals surface area contributed by atoms with Crippen molar-refractivity contribution >= 4 is 28.2 Å². The number of nitrogens with one attached hydrogen (secondary N) is 2. The Morgan fingerprint density at radius 3 is 2.64 bits per heavy atom. The lowest BCUT2D eigenvalue weighted by Crippen LogP contribution is -2.33. The molecule has 0 saturated carbocycles. The SMILES string of the molecule is CC(=O)NCC#Cc1cccc2cc([C@H](C)NC(=O)c3c(C)ncn4ccnc34)n(-c3ccccc3)c(=O)c12. The van der Waals surface area contributed by atoms with Gasteiger partial charge < -0.3 is 10.6 Å². The van der Waals surface area contributed by atoms with Crippen molar-refractivity contribution in [3.63, 3.8) is 0 Å². The molecule has 2 N–H and O–H groups in total. The van der Waals surface area contributed by atoms with E-state index >= 15 is 0 Å². The second-order valence-corrected chi connectivity index (χ2v) is 9.08. The molecule has 0 saturated heterocycles. The summed E-state index contributed by atoms with van der Waals surface area (Å²) in [5.41, 5.74) is 3.01. The third-order valence-electron chi connectivity index (χ3n) is 6.39. The zero-order valence-electron chi connectivity index (χ0n) is 21.7. The molecule has 2 amide bonds. The quantitative estimate of drug-likeness (QED) is 0.347. The molecule has 5 aromatic rings. The Labute approximate surface area is 224 Å². The molecule has 0 unspecified atom stereocenters. The number of pyridine rings is 1. The van der Waals surface area contributed by atoms with Gasteiger partial charge in [-0.15, -0.1) is 0 Å². The summed E-state index contributed by atoms with van der Waals surface area (Å²) in [5.74, 6) is 5.42. The molecule has 0 radical (unpaired) electrons. The van der Waals surface area contributed by atoms with Crippen molar-refractivity contribution in [1.82, 2.24) is 29.6 Å².